The summed E-state index contributed by atoms with van der Waals surface area (Å²) in [4.78, 5) is 10.8. The second kappa shape index (κ2) is 4.57. The lowest BCUT2D eigenvalue weighted by atomic mass is 9.94. The maximum absolute atomic E-state index is 4.19. The minimum atomic E-state index is 0.503. The van der Waals surface area contributed by atoms with Crippen molar-refractivity contribution in [1.82, 2.24) is 14.9 Å². The molecule has 0 bridgehead atoms. The number of hydrogen-bond acceptors (Lipinski definition) is 4. The van der Waals surface area contributed by atoms with E-state index >= 15 is 0 Å². The van der Waals surface area contributed by atoms with Crippen molar-refractivity contribution < 1.29 is 0 Å². The Morgan fingerprint density at radius 2 is 2.13 bits per heavy atom. The van der Waals surface area contributed by atoms with E-state index < -0.39 is 0 Å². The Morgan fingerprint density at radius 3 is 2.80 bits per heavy atom. The Balaban J connectivity index is 1.95. The number of hydrogen-bond donors (Lipinski definition) is 1. The van der Waals surface area contributed by atoms with E-state index in [4.69, 9.17) is 0 Å². The summed E-state index contributed by atoms with van der Waals surface area (Å²) >= 11 is 0. The lowest BCUT2D eigenvalue weighted by Gasteiger charge is -2.35. The molecule has 0 aliphatic carbocycles. The first-order valence-corrected chi connectivity index (χ1v) is 5.48. The normalized spacial score (nSPS) is 27.6. The van der Waals surface area contributed by atoms with Crippen LogP contribution in [0.15, 0.2) is 18.5 Å². The van der Waals surface area contributed by atoms with E-state index in [0.717, 1.165) is 25.5 Å². The van der Waals surface area contributed by atoms with Crippen molar-refractivity contribution in [3.8, 4) is 0 Å². The molecule has 0 radical (unpaired) electrons. The molecule has 1 fully saturated rings. The minimum Gasteiger partial charge on any atom is -0.351 e. The summed E-state index contributed by atoms with van der Waals surface area (Å²) in [5.41, 5.74) is 0. The van der Waals surface area contributed by atoms with Gasteiger partial charge in [0, 0.05) is 25.0 Å². The van der Waals surface area contributed by atoms with Gasteiger partial charge in [-0.2, -0.15) is 0 Å². The van der Waals surface area contributed by atoms with E-state index in [1.807, 2.05) is 6.07 Å². The average molecular weight is 206 g/mol. The van der Waals surface area contributed by atoms with Crippen LogP contribution in [0, 0.1) is 5.92 Å². The second-order valence-corrected chi connectivity index (χ2v) is 4.35. The number of nitrogens with zero attached hydrogens (tertiary/aromatic N) is 3. The standard InChI is InChI=1S/C11H18N4/c1-9-8-15(2)7-4-10(9)14-11-12-5-3-6-13-11/h3,5-6,9-10H,4,7-8H2,1-2H3,(H,12,13,14). The smallest absolute Gasteiger partial charge is 0.222 e. The highest BCUT2D eigenvalue weighted by molar-refractivity contribution is 5.24. The molecule has 0 saturated carbocycles. The molecule has 2 heterocycles. The fourth-order valence-electron chi connectivity index (χ4n) is 2.11. The molecule has 2 rings (SSSR count). The van der Waals surface area contributed by atoms with E-state index in [-0.39, 0.29) is 0 Å². The van der Waals surface area contributed by atoms with Gasteiger partial charge >= 0.3 is 0 Å². The van der Waals surface area contributed by atoms with Crippen LogP contribution in [-0.2, 0) is 0 Å². The van der Waals surface area contributed by atoms with Gasteiger partial charge < -0.3 is 10.2 Å². The Hall–Kier alpha value is -1.16. The molecule has 1 N–H and O–H groups in total. The molecule has 4 heteroatoms. The zero-order chi connectivity index (χ0) is 10.7. The van der Waals surface area contributed by atoms with E-state index in [1.165, 1.54) is 0 Å². The fourth-order valence-corrected chi connectivity index (χ4v) is 2.11. The topological polar surface area (TPSA) is 41.0 Å². The van der Waals surface area contributed by atoms with E-state index in [9.17, 15) is 0 Å². The first kappa shape index (κ1) is 10.4. The predicted octanol–water partition coefficient (Wildman–Crippen LogP) is 1.23. The van der Waals surface area contributed by atoms with Crippen LogP contribution in [0.1, 0.15) is 13.3 Å². The summed E-state index contributed by atoms with van der Waals surface area (Å²) in [5, 5.41) is 3.40. The molecule has 82 valence electrons. The van der Waals surface area contributed by atoms with Gasteiger partial charge in [0.2, 0.25) is 5.95 Å². The molecule has 1 aromatic rings. The Labute approximate surface area is 90.7 Å². The Bertz CT molecular complexity index is 301. The number of piperidine rings is 1. The van der Waals surface area contributed by atoms with Crippen molar-refractivity contribution in [3.05, 3.63) is 18.5 Å². The lowest BCUT2D eigenvalue weighted by molar-refractivity contribution is 0.206. The second-order valence-electron chi connectivity index (χ2n) is 4.35. The average Bonchev–Trinajstić information content (AvgIpc) is 2.24. The van der Waals surface area contributed by atoms with Gasteiger partial charge in [0.25, 0.3) is 0 Å². The molecule has 2 unspecified atom stereocenters. The molecule has 1 aliphatic rings. The summed E-state index contributed by atoms with van der Waals surface area (Å²) in [6.07, 6.45) is 4.71. The summed E-state index contributed by atoms with van der Waals surface area (Å²) in [5.74, 6) is 1.39. The molecule has 4 nitrogen and oxygen atoms in total. The third kappa shape index (κ3) is 2.65. The van der Waals surface area contributed by atoms with Crippen LogP contribution in [0.25, 0.3) is 0 Å². The molecular formula is C11H18N4. The summed E-state index contributed by atoms with van der Waals surface area (Å²) in [6, 6.07) is 2.34. The van der Waals surface area contributed by atoms with Crippen molar-refractivity contribution >= 4 is 5.95 Å². The zero-order valence-corrected chi connectivity index (χ0v) is 9.35. The van der Waals surface area contributed by atoms with Crippen LogP contribution >= 0.6 is 0 Å². The van der Waals surface area contributed by atoms with Crippen LogP contribution in [-0.4, -0.2) is 41.0 Å². The van der Waals surface area contributed by atoms with Crippen LogP contribution in [0.2, 0.25) is 0 Å². The largest absolute Gasteiger partial charge is 0.351 e. The highest BCUT2D eigenvalue weighted by Gasteiger charge is 2.24. The lowest BCUT2D eigenvalue weighted by Crippen LogP contribution is -2.43. The Morgan fingerprint density at radius 1 is 1.40 bits per heavy atom. The molecule has 0 amide bonds. The maximum atomic E-state index is 4.19. The van der Waals surface area contributed by atoms with Gasteiger partial charge in [-0.15, -0.1) is 0 Å². The van der Waals surface area contributed by atoms with Crippen molar-refractivity contribution in [1.29, 1.82) is 0 Å². The van der Waals surface area contributed by atoms with Crippen molar-refractivity contribution in [2.45, 2.75) is 19.4 Å². The molecule has 2 atom stereocenters. The van der Waals surface area contributed by atoms with Crippen molar-refractivity contribution in [2.24, 2.45) is 5.92 Å². The van der Waals surface area contributed by atoms with Crippen LogP contribution in [0.5, 0.6) is 0 Å². The van der Waals surface area contributed by atoms with Crippen LogP contribution in [0.4, 0.5) is 5.95 Å². The van der Waals surface area contributed by atoms with Gasteiger partial charge in [0.1, 0.15) is 0 Å². The number of aromatic nitrogens is 2. The molecule has 1 aliphatic heterocycles. The zero-order valence-electron chi connectivity index (χ0n) is 9.35. The number of nitrogens with one attached hydrogen (secondary N) is 1. The molecular weight excluding hydrogens is 188 g/mol. The Kier molecular flexibility index (Phi) is 3.16. The molecule has 1 aromatic heterocycles. The van der Waals surface area contributed by atoms with E-state index in [1.54, 1.807) is 12.4 Å². The van der Waals surface area contributed by atoms with E-state index in [0.29, 0.717) is 12.0 Å². The monoisotopic (exact) mass is 206 g/mol. The van der Waals surface area contributed by atoms with Crippen molar-refractivity contribution in [3.63, 3.8) is 0 Å². The quantitative estimate of drug-likeness (QED) is 0.790. The molecule has 0 aromatic carbocycles. The SMILES string of the molecule is CC1CN(C)CCC1Nc1ncccn1. The van der Waals surface area contributed by atoms with Crippen LogP contribution in [0.3, 0.4) is 0 Å². The summed E-state index contributed by atoms with van der Waals surface area (Å²) < 4.78 is 0. The molecule has 1 saturated heterocycles. The van der Waals surface area contributed by atoms with Crippen molar-refractivity contribution in [2.75, 3.05) is 25.5 Å². The van der Waals surface area contributed by atoms with Gasteiger partial charge in [-0.1, -0.05) is 6.92 Å². The number of likely N-dealkylation sites (tertiary alicyclic amines) is 1. The number of rotatable bonds is 2. The highest BCUT2D eigenvalue weighted by atomic mass is 15.2. The third-order valence-corrected chi connectivity index (χ3v) is 2.99. The molecule has 0 spiro atoms. The first-order chi connectivity index (χ1) is 7.25. The van der Waals surface area contributed by atoms with E-state index in [2.05, 4.69) is 34.2 Å². The van der Waals surface area contributed by atoms with Gasteiger partial charge in [-0.05, 0) is 32.0 Å². The highest BCUT2D eigenvalue weighted by Crippen LogP contribution is 2.18. The van der Waals surface area contributed by atoms with Gasteiger partial charge in [0.05, 0.1) is 0 Å². The maximum Gasteiger partial charge on any atom is 0.222 e. The number of anilines is 1. The van der Waals surface area contributed by atoms with Gasteiger partial charge in [-0.3, -0.25) is 0 Å². The third-order valence-electron chi connectivity index (χ3n) is 2.99. The van der Waals surface area contributed by atoms with Gasteiger partial charge in [0.15, 0.2) is 0 Å². The molecule has 15 heavy (non-hydrogen) atoms. The predicted molar refractivity (Wildman–Crippen MR) is 60.7 cm³/mol. The summed E-state index contributed by atoms with van der Waals surface area (Å²) in [6.45, 7) is 4.57. The summed E-state index contributed by atoms with van der Waals surface area (Å²) in [7, 11) is 2.17. The van der Waals surface area contributed by atoms with Crippen LogP contribution < -0.4 is 5.32 Å². The fraction of sp³-hybridized carbons (Fsp3) is 0.636. The van der Waals surface area contributed by atoms with Gasteiger partial charge in [-0.25, -0.2) is 9.97 Å². The first-order valence-electron chi connectivity index (χ1n) is 5.48. The minimum absolute atomic E-state index is 0.503.